The standard InChI is InChI=1S/C25H33NO4/c1-8-21(22(27)20-14-13-18-11-9-10-12-19(18)15-20)23(28)25(6,7)30-24(29)26(16(2)3)17(4)5/h8-17,22,27H,1-7H3/b21-8-/t22-/m1/s1. The van der Waals surface area contributed by atoms with Crippen molar-refractivity contribution in [1.29, 1.82) is 0 Å². The van der Waals surface area contributed by atoms with E-state index >= 15 is 0 Å². The molecule has 0 spiro atoms. The monoisotopic (exact) mass is 411 g/mol. The number of aliphatic hydroxyl groups excluding tert-OH is 1. The van der Waals surface area contributed by atoms with Gasteiger partial charge in [0.15, 0.2) is 5.60 Å². The summed E-state index contributed by atoms with van der Waals surface area (Å²) in [5, 5.41) is 13.0. The molecule has 0 radical (unpaired) electrons. The highest BCUT2D eigenvalue weighted by Crippen LogP contribution is 2.30. The van der Waals surface area contributed by atoms with E-state index in [1.54, 1.807) is 31.7 Å². The fraction of sp³-hybridized carbons (Fsp3) is 0.440. The van der Waals surface area contributed by atoms with Gasteiger partial charge in [-0.05, 0) is 70.9 Å². The number of rotatable bonds is 7. The number of carbonyl (C=O) groups excluding carboxylic acids is 2. The van der Waals surface area contributed by atoms with E-state index in [2.05, 4.69) is 0 Å². The Morgan fingerprint density at radius 2 is 1.57 bits per heavy atom. The SMILES string of the molecule is C/C=C(\C(=O)C(C)(C)OC(=O)N(C(C)C)C(C)C)[C@H](O)c1ccc2ccccc2c1. The Hall–Kier alpha value is -2.66. The zero-order chi connectivity index (χ0) is 22.6. The molecule has 1 amide bonds. The van der Waals surface area contributed by atoms with Crippen LogP contribution in [0.2, 0.25) is 0 Å². The summed E-state index contributed by atoms with van der Waals surface area (Å²) in [5.41, 5.74) is -0.606. The molecule has 0 unspecified atom stereocenters. The molecule has 5 nitrogen and oxygen atoms in total. The molecular formula is C25H33NO4. The number of ketones is 1. The predicted octanol–water partition coefficient (Wildman–Crippen LogP) is 5.42. The molecule has 0 aliphatic carbocycles. The summed E-state index contributed by atoms with van der Waals surface area (Å²) in [7, 11) is 0. The van der Waals surface area contributed by atoms with E-state index in [0.717, 1.165) is 10.8 Å². The molecular weight excluding hydrogens is 378 g/mol. The first kappa shape index (κ1) is 23.6. The van der Waals surface area contributed by atoms with Crippen molar-refractivity contribution in [3.63, 3.8) is 0 Å². The van der Waals surface area contributed by atoms with Gasteiger partial charge in [0.05, 0.1) is 0 Å². The summed E-state index contributed by atoms with van der Waals surface area (Å²) < 4.78 is 5.61. The van der Waals surface area contributed by atoms with Crippen molar-refractivity contribution in [2.45, 2.75) is 72.3 Å². The Bertz CT molecular complexity index is 935. The van der Waals surface area contributed by atoms with Crippen LogP contribution in [-0.4, -0.2) is 39.6 Å². The number of nitrogens with zero attached hydrogens (tertiary/aromatic N) is 1. The summed E-state index contributed by atoms with van der Waals surface area (Å²) in [6, 6.07) is 13.3. The first-order chi connectivity index (χ1) is 14.0. The van der Waals surface area contributed by atoms with E-state index in [4.69, 9.17) is 4.74 Å². The Kier molecular flexibility index (Phi) is 7.43. The number of hydrogen-bond donors (Lipinski definition) is 1. The van der Waals surface area contributed by atoms with Crippen LogP contribution in [0, 0.1) is 0 Å². The maximum absolute atomic E-state index is 13.2. The van der Waals surface area contributed by atoms with E-state index in [-0.39, 0.29) is 17.7 Å². The summed E-state index contributed by atoms with van der Waals surface area (Å²) in [6.07, 6.45) is -0.0779. The normalized spacial score (nSPS) is 13.6. The number of fused-ring (bicyclic) bond motifs is 1. The smallest absolute Gasteiger partial charge is 0.411 e. The minimum atomic E-state index is -1.42. The van der Waals surface area contributed by atoms with E-state index in [1.807, 2.05) is 70.2 Å². The first-order valence-corrected chi connectivity index (χ1v) is 10.4. The number of Topliss-reactive ketones (excluding diaryl/α,β-unsaturated/α-hetero) is 1. The molecule has 0 fully saturated rings. The summed E-state index contributed by atoms with van der Waals surface area (Å²) in [4.78, 5) is 27.5. The maximum atomic E-state index is 13.2. The average Bonchev–Trinajstić information content (AvgIpc) is 2.66. The van der Waals surface area contributed by atoms with Crippen molar-refractivity contribution >= 4 is 22.6 Å². The number of allylic oxidation sites excluding steroid dienone is 1. The third kappa shape index (κ3) is 5.08. The summed E-state index contributed by atoms with van der Waals surface area (Å²) in [5.74, 6) is -0.425. The lowest BCUT2D eigenvalue weighted by molar-refractivity contribution is -0.132. The third-order valence-corrected chi connectivity index (χ3v) is 5.17. The minimum absolute atomic E-state index is 0.0622. The van der Waals surface area contributed by atoms with E-state index in [0.29, 0.717) is 5.56 Å². The highest BCUT2D eigenvalue weighted by molar-refractivity contribution is 6.03. The molecule has 0 aliphatic rings. The first-order valence-electron chi connectivity index (χ1n) is 10.4. The van der Waals surface area contributed by atoms with Gasteiger partial charge in [0.2, 0.25) is 5.78 Å². The van der Waals surface area contributed by atoms with Crippen LogP contribution in [0.3, 0.4) is 0 Å². The minimum Gasteiger partial charge on any atom is -0.435 e. The van der Waals surface area contributed by atoms with Gasteiger partial charge < -0.3 is 14.7 Å². The lowest BCUT2D eigenvalue weighted by Crippen LogP contribution is -2.48. The Labute approximate surface area is 179 Å². The van der Waals surface area contributed by atoms with Crippen LogP contribution in [0.25, 0.3) is 10.8 Å². The Morgan fingerprint density at radius 1 is 1.00 bits per heavy atom. The molecule has 0 heterocycles. The maximum Gasteiger partial charge on any atom is 0.411 e. The molecule has 2 rings (SSSR count). The highest BCUT2D eigenvalue weighted by atomic mass is 16.6. The van der Waals surface area contributed by atoms with E-state index in [9.17, 15) is 14.7 Å². The summed E-state index contributed by atoms with van der Waals surface area (Å²) >= 11 is 0. The van der Waals surface area contributed by atoms with Crippen LogP contribution in [0.15, 0.2) is 54.1 Å². The molecule has 5 heteroatoms. The van der Waals surface area contributed by atoms with Crippen molar-refractivity contribution in [2.24, 2.45) is 0 Å². The second kappa shape index (κ2) is 9.43. The Balaban J connectivity index is 2.27. The van der Waals surface area contributed by atoms with Gasteiger partial charge in [-0.3, -0.25) is 4.79 Å². The Morgan fingerprint density at radius 3 is 2.10 bits per heavy atom. The molecule has 0 saturated heterocycles. The molecule has 0 aliphatic heterocycles. The second-order valence-electron chi connectivity index (χ2n) is 8.56. The largest absolute Gasteiger partial charge is 0.435 e. The zero-order valence-corrected chi connectivity index (χ0v) is 19.0. The van der Waals surface area contributed by atoms with Crippen LogP contribution in [-0.2, 0) is 9.53 Å². The number of ether oxygens (including phenoxy) is 1. The predicted molar refractivity (Wildman–Crippen MR) is 120 cm³/mol. The van der Waals surface area contributed by atoms with E-state index in [1.165, 1.54) is 0 Å². The average molecular weight is 412 g/mol. The third-order valence-electron chi connectivity index (χ3n) is 5.17. The van der Waals surface area contributed by atoms with Gasteiger partial charge in [-0.25, -0.2) is 4.79 Å². The van der Waals surface area contributed by atoms with Crippen molar-refractivity contribution < 1.29 is 19.4 Å². The second-order valence-corrected chi connectivity index (χ2v) is 8.56. The highest BCUT2D eigenvalue weighted by Gasteiger charge is 2.38. The molecule has 1 atom stereocenters. The lowest BCUT2D eigenvalue weighted by Gasteiger charge is -2.34. The van der Waals surface area contributed by atoms with Gasteiger partial charge in [-0.1, -0.05) is 42.5 Å². The number of hydrogen-bond acceptors (Lipinski definition) is 4. The van der Waals surface area contributed by atoms with Gasteiger partial charge in [0, 0.05) is 17.7 Å². The van der Waals surface area contributed by atoms with Crippen LogP contribution in [0.1, 0.15) is 60.1 Å². The van der Waals surface area contributed by atoms with Gasteiger partial charge in [0.25, 0.3) is 0 Å². The molecule has 30 heavy (non-hydrogen) atoms. The molecule has 2 aromatic rings. The zero-order valence-electron chi connectivity index (χ0n) is 19.0. The lowest BCUT2D eigenvalue weighted by atomic mass is 9.89. The molecule has 0 bridgehead atoms. The van der Waals surface area contributed by atoms with Crippen molar-refractivity contribution in [3.8, 4) is 0 Å². The molecule has 1 N–H and O–H groups in total. The van der Waals surface area contributed by atoms with Crippen molar-refractivity contribution in [2.75, 3.05) is 0 Å². The van der Waals surface area contributed by atoms with Crippen LogP contribution in [0.5, 0.6) is 0 Å². The topological polar surface area (TPSA) is 66.8 Å². The van der Waals surface area contributed by atoms with Crippen molar-refractivity contribution in [1.82, 2.24) is 4.90 Å². The number of benzene rings is 2. The molecule has 162 valence electrons. The van der Waals surface area contributed by atoms with Crippen LogP contribution < -0.4 is 0 Å². The van der Waals surface area contributed by atoms with Gasteiger partial charge in [-0.15, -0.1) is 0 Å². The number of carbonyl (C=O) groups is 2. The fourth-order valence-corrected chi connectivity index (χ4v) is 3.65. The molecule has 0 aromatic heterocycles. The van der Waals surface area contributed by atoms with Crippen LogP contribution >= 0.6 is 0 Å². The number of aliphatic hydroxyl groups is 1. The van der Waals surface area contributed by atoms with Gasteiger partial charge in [-0.2, -0.15) is 0 Å². The van der Waals surface area contributed by atoms with Gasteiger partial charge in [0.1, 0.15) is 6.10 Å². The quantitative estimate of drug-likeness (QED) is 0.618. The fourth-order valence-electron chi connectivity index (χ4n) is 3.65. The van der Waals surface area contributed by atoms with Crippen LogP contribution in [0.4, 0.5) is 4.79 Å². The molecule has 0 saturated carbocycles. The molecule has 2 aromatic carbocycles. The van der Waals surface area contributed by atoms with Gasteiger partial charge >= 0.3 is 6.09 Å². The summed E-state index contributed by atoms with van der Waals surface area (Å²) in [6.45, 7) is 12.4. The van der Waals surface area contributed by atoms with Crippen molar-refractivity contribution in [3.05, 3.63) is 59.7 Å². The van der Waals surface area contributed by atoms with E-state index < -0.39 is 23.6 Å². The number of amides is 1.